The van der Waals surface area contributed by atoms with Gasteiger partial charge in [-0.15, -0.1) is 0 Å². The van der Waals surface area contributed by atoms with E-state index in [1.807, 2.05) is 6.92 Å². The second kappa shape index (κ2) is 8.63. The Hall–Kier alpha value is -2.15. The third-order valence-electron chi connectivity index (χ3n) is 4.37. The molecule has 0 atom stereocenters. The number of aryl methyl sites for hydroxylation is 1. The predicted molar refractivity (Wildman–Crippen MR) is 88.9 cm³/mol. The van der Waals surface area contributed by atoms with E-state index in [-0.39, 0.29) is 43.0 Å². The standard InChI is InChI=1S/C17H24N2O5/c1-12-2-7-15(19(22)23)16(10-12)24-9-8-17(21)18-14-5-3-13(11-20)4-6-14/h2,7,10,13-14,20H,3-6,8-9,11H2,1H3,(H,18,21). The second-order valence-electron chi connectivity index (χ2n) is 6.29. The lowest BCUT2D eigenvalue weighted by atomic mass is 9.86. The SMILES string of the molecule is Cc1ccc([N+](=O)[O-])c(OCCC(=O)NC2CCC(CO)CC2)c1. The van der Waals surface area contributed by atoms with E-state index in [0.717, 1.165) is 31.2 Å². The summed E-state index contributed by atoms with van der Waals surface area (Å²) in [7, 11) is 0. The Bertz CT molecular complexity index is 582. The molecule has 24 heavy (non-hydrogen) atoms. The van der Waals surface area contributed by atoms with Crippen molar-refractivity contribution < 1.29 is 19.6 Å². The molecular formula is C17H24N2O5. The van der Waals surface area contributed by atoms with Gasteiger partial charge in [0.2, 0.25) is 5.91 Å². The summed E-state index contributed by atoms with van der Waals surface area (Å²) in [5, 5.41) is 23.0. The molecular weight excluding hydrogens is 312 g/mol. The van der Waals surface area contributed by atoms with E-state index in [9.17, 15) is 14.9 Å². The molecule has 1 aromatic rings. The molecule has 0 unspecified atom stereocenters. The number of hydrogen-bond acceptors (Lipinski definition) is 5. The van der Waals surface area contributed by atoms with Crippen LogP contribution < -0.4 is 10.1 Å². The molecule has 132 valence electrons. The molecule has 1 aliphatic carbocycles. The molecule has 0 radical (unpaired) electrons. The Morgan fingerprint density at radius 2 is 2.08 bits per heavy atom. The van der Waals surface area contributed by atoms with Gasteiger partial charge in [0.1, 0.15) is 0 Å². The molecule has 1 amide bonds. The van der Waals surface area contributed by atoms with Crippen molar-refractivity contribution >= 4 is 11.6 Å². The summed E-state index contributed by atoms with van der Waals surface area (Å²) in [4.78, 5) is 22.4. The summed E-state index contributed by atoms with van der Waals surface area (Å²) in [5.41, 5.74) is 0.768. The van der Waals surface area contributed by atoms with Gasteiger partial charge in [0.15, 0.2) is 5.75 Å². The number of amides is 1. The number of benzene rings is 1. The van der Waals surface area contributed by atoms with Gasteiger partial charge in [-0.2, -0.15) is 0 Å². The highest BCUT2D eigenvalue weighted by molar-refractivity contribution is 5.76. The molecule has 1 fully saturated rings. The van der Waals surface area contributed by atoms with Crippen LogP contribution in [0.5, 0.6) is 5.75 Å². The fourth-order valence-electron chi connectivity index (χ4n) is 2.93. The average Bonchev–Trinajstić information content (AvgIpc) is 2.55. The average molecular weight is 336 g/mol. The van der Waals surface area contributed by atoms with Gasteiger partial charge in [0.05, 0.1) is 18.0 Å². The molecule has 1 aliphatic rings. The highest BCUT2D eigenvalue weighted by Gasteiger charge is 2.22. The fourth-order valence-corrected chi connectivity index (χ4v) is 2.93. The Kier molecular flexibility index (Phi) is 6.54. The Labute approximate surface area is 141 Å². The van der Waals surface area contributed by atoms with Gasteiger partial charge in [-0.25, -0.2) is 0 Å². The fraction of sp³-hybridized carbons (Fsp3) is 0.588. The van der Waals surface area contributed by atoms with Crippen molar-refractivity contribution in [2.24, 2.45) is 5.92 Å². The highest BCUT2D eigenvalue weighted by Crippen LogP contribution is 2.28. The molecule has 1 aromatic carbocycles. The minimum Gasteiger partial charge on any atom is -0.486 e. The largest absolute Gasteiger partial charge is 0.486 e. The first-order valence-electron chi connectivity index (χ1n) is 8.27. The van der Waals surface area contributed by atoms with Crippen LogP contribution in [0.4, 0.5) is 5.69 Å². The molecule has 0 aromatic heterocycles. The summed E-state index contributed by atoms with van der Waals surface area (Å²) in [6.07, 6.45) is 3.76. The summed E-state index contributed by atoms with van der Waals surface area (Å²) >= 11 is 0. The molecule has 0 heterocycles. The minimum atomic E-state index is -0.492. The number of hydrogen-bond donors (Lipinski definition) is 2. The van der Waals surface area contributed by atoms with Crippen molar-refractivity contribution in [1.29, 1.82) is 0 Å². The normalized spacial score (nSPS) is 20.4. The molecule has 0 spiro atoms. The number of nitro groups is 1. The van der Waals surface area contributed by atoms with Crippen LogP contribution in [0.2, 0.25) is 0 Å². The zero-order valence-electron chi connectivity index (χ0n) is 13.9. The van der Waals surface area contributed by atoms with Crippen molar-refractivity contribution in [2.75, 3.05) is 13.2 Å². The van der Waals surface area contributed by atoms with Crippen LogP contribution in [0.3, 0.4) is 0 Å². The minimum absolute atomic E-state index is 0.0941. The maximum Gasteiger partial charge on any atom is 0.310 e. The van der Waals surface area contributed by atoms with E-state index in [1.165, 1.54) is 6.07 Å². The summed E-state index contributed by atoms with van der Waals surface area (Å²) < 4.78 is 5.44. The molecule has 0 bridgehead atoms. The van der Waals surface area contributed by atoms with Crippen LogP contribution in [0, 0.1) is 23.0 Å². The predicted octanol–water partition coefficient (Wildman–Crippen LogP) is 2.34. The number of aliphatic hydroxyl groups excluding tert-OH is 1. The lowest BCUT2D eigenvalue weighted by Crippen LogP contribution is -2.38. The number of nitrogens with zero attached hydrogens (tertiary/aromatic N) is 1. The quantitative estimate of drug-likeness (QED) is 0.588. The van der Waals surface area contributed by atoms with Crippen LogP contribution in [-0.4, -0.2) is 35.2 Å². The van der Waals surface area contributed by atoms with E-state index < -0.39 is 4.92 Å². The monoisotopic (exact) mass is 336 g/mol. The first-order valence-corrected chi connectivity index (χ1v) is 8.27. The van der Waals surface area contributed by atoms with Crippen molar-refractivity contribution in [2.45, 2.75) is 45.1 Å². The van der Waals surface area contributed by atoms with Gasteiger partial charge < -0.3 is 15.2 Å². The van der Waals surface area contributed by atoms with Gasteiger partial charge in [-0.05, 0) is 50.2 Å². The van der Waals surface area contributed by atoms with Gasteiger partial charge in [0.25, 0.3) is 0 Å². The smallest absolute Gasteiger partial charge is 0.310 e. The number of nitrogens with one attached hydrogen (secondary N) is 1. The first kappa shape index (κ1) is 18.2. The topological polar surface area (TPSA) is 102 Å². The van der Waals surface area contributed by atoms with Crippen molar-refractivity contribution in [1.82, 2.24) is 5.32 Å². The maximum absolute atomic E-state index is 12.0. The molecule has 2 N–H and O–H groups in total. The number of carbonyl (C=O) groups is 1. The highest BCUT2D eigenvalue weighted by atomic mass is 16.6. The van der Waals surface area contributed by atoms with Crippen molar-refractivity contribution in [3.05, 3.63) is 33.9 Å². The Balaban J connectivity index is 1.77. The second-order valence-corrected chi connectivity index (χ2v) is 6.29. The van der Waals surface area contributed by atoms with Gasteiger partial charge in [-0.3, -0.25) is 14.9 Å². The molecule has 0 aliphatic heterocycles. The van der Waals surface area contributed by atoms with E-state index in [4.69, 9.17) is 9.84 Å². The number of carbonyl (C=O) groups excluding carboxylic acids is 1. The summed E-state index contributed by atoms with van der Waals surface area (Å²) in [6, 6.07) is 4.81. The maximum atomic E-state index is 12.0. The number of ether oxygens (including phenoxy) is 1. The molecule has 0 saturated heterocycles. The zero-order chi connectivity index (χ0) is 17.5. The first-order chi connectivity index (χ1) is 11.5. The molecule has 7 nitrogen and oxygen atoms in total. The van der Waals surface area contributed by atoms with E-state index in [1.54, 1.807) is 12.1 Å². The third kappa shape index (κ3) is 5.19. The van der Waals surface area contributed by atoms with E-state index in [0.29, 0.717) is 5.92 Å². The zero-order valence-corrected chi connectivity index (χ0v) is 13.9. The van der Waals surface area contributed by atoms with Gasteiger partial charge in [0, 0.05) is 18.7 Å². The van der Waals surface area contributed by atoms with Crippen LogP contribution in [-0.2, 0) is 4.79 Å². The van der Waals surface area contributed by atoms with Crippen LogP contribution in [0.15, 0.2) is 18.2 Å². The lowest BCUT2D eigenvalue weighted by molar-refractivity contribution is -0.385. The third-order valence-corrected chi connectivity index (χ3v) is 4.37. The molecule has 2 rings (SSSR count). The summed E-state index contributed by atoms with van der Waals surface area (Å²) in [5.74, 6) is 0.428. The van der Waals surface area contributed by atoms with Crippen LogP contribution in [0.25, 0.3) is 0 Å². The van der Waals surface area contributed by atoms with Crippen LogP contribution in [0.1, 0.15) is 37.7 Å². The molecule has 1 saturated carbocycles. The van der Waals surface area contributed by atoms with Crippen molar-refractivity contribution in [3.63, 3.8) is 0 Å². The van der Waals surface area contributed by atoms with E-state index in [2.05, 4.69) is 5.32 Å². The Morgan fingerprint density at radius 1 is 1.38 bits per heavy atom. The van der Waals surface area contributed by atoms with Crippen molar-refractivity contribution in [3.8, 4) is 5.75 Å². The van der Waals surface area contributed by atoms with Crippen LogP contribution >= 0.6 is 0 Å². The Morgan fingerprint density at radius 3 is 2.71 bits per heavy atom. The number of aliphatic hydroxyl groups is 1. The van der Waals surface area contributed by atoms with Gasteiger partial charge in [-0.1, -0.05) is 6.07 Å². The number of rotatable bonds is 7. The lowest BCUT2D eigenvalue weighted by Gasteiger charge is -2.27. The molecule has 7 heteroatoms. The summed E-state index contributed by atoms with van der Waals surface area (Å²) in [6.45, 7) is 2.14. The van der Waals surface area contributed by atoms with Gasteiger partial charge >= 0.3 is 5.69 Å². The number of nitro benzene ring substituents is 1. The van der Waals surface area contributed by atoms with E-state index >= 15 is 0 Å².